The first kappa shape index (κ1) is 15.1. The Bertz CT molecular complexity index is 196. The van der Waals surface area contributed by atoms with Crippen molar-refractivity contribution in [2.75, 3.05) is 34.4 Å². The summed E-state index contributed by atoms with van der Waals surface area (Å²) in [7, 11) is 2.59. The fourth-order valence-electron chi connectivity index (χ4n) is 2.80. The molecule has 0 bridgehead atoms. The first-order chi connectivity index (χ1) is 8.24. The van der Waals surface area contributed by atoms with E-state index in [0.29, 0.717) is 5.67 Å². The van der Waals surface area contributed by atoms with Crippen LogP contribution < -0.4 is 0 Å². The van der Waals surface area contributed by atoms with Gasteiger partial charge in [0, 0.05) is 21.3 Å². The Morgan fingerprint density at radius 2 is 1.41 bits per heavy atom. The molecule has 1 aliphatic heterocycles. The number of hydrogen-bond donors (Lipinski definition) is 0. The standard InChI is InChI=1S/C12H27NO3Si/c1-5-12(17(14-2,15-3)16-4)13-10-8-6-7-9-11-13/h12H,5-11H2,1-4H3. The maximum absolute atomic E-state index is 5.64. The van der Waals surface area contributed by atoms with E-state index in [1.54, 1.807) is 21.3 Å². The summed E-state index contributed by atoms with van der Waals surface area (Å²) in [6.07, 6.45) is 6.25. The van der Waals surface area contributed by atoms with Crippen LogP contribution in [0.15, 0.2) is 0 Å². The second kappa shape index (κ2) is 7.48. The van der Waals surface area contributed by atoms with E-state index in [9.17, 15) is 0 Å². The van der Waals surface area contributed by atoms with Crippen LogP contribution >= 0.6 is 0 Å². The molecule has 0 aliphatic carbocycles. The third kappa shape index (κ3) is 3.51. The minimum Gasteiger partial charge on any atom is -0.376 e. The molecule has 0 amide bonds. The van der Waals surface area contributed by atoms with Crippen molar-refractivity contribution in [1.29, 1.82) is 0 Å². The van der Waals surface area contributed by atoms with Gasteiger partial charge in [-0.3, -0.25) is 4.90 Å². The molecule has 102 valence electrons. The Labute approximate surface area is 107 Å². The lowest BCUT2D eigenvalue weighted by Gasteiger charge is -2.38. The van der Waals surface area contributed by atoms with Crippen LogP contribution in [-0.4, -0.2) is 53.8 Å². The Hall–Kier alpha value is 0.0569. The van der Waals surface area contributed by atoms with Crippen molar-refractivity contribution in [1.82, 2.24) is 4.90 Å². The third-order valence-electron chi connectivity index (χ3n) is 3.73. The van der Waals surface area contributed by atoms with Crippen molar-refractivity contribution in [3.05, 3.63) is 0 Å². The van der Waals surface area contributed by atoms with Crippen LogP contribution in [0, 0.1) is 0 Å². The molecule has 17 heavy (non-hydrogen) atoms. The minimum atomic E-state index is -2.53. The summed E-state index contributed by atoms with van der Waals surface area (Å²) in [4.78, 5) is 2.51. The van der Waals surface area contributed by atoms with Gasteiger partial charge in [0.2, 0.25) is 0 Å². The molecule has 0 aromatic carbocycles. The van der Waals surface area contributed by atoms with E-state index in [0.717, 1.165) is 19.5 Å². The Kier molecular flexibility index (Phi) is 6.65. The van der Waals surface area contributed by atoms with Crippen molar-refractivity contribution in [2.24, 2.45) is 0 Å². The maximum atomic E-state index is 5.64. The smallest absolute Gasteiger partial charge is 0.376 e. The number of hydrogen-bond acceptors (Lipinski definition) is 4. The van der Waals surface area contributed by atoms with Crippen LogP contribution in [0.3, 0.4) is 0 Å². The highest BCUT2D eigenvalue weighted by molar-refractivity contribution is 6.62. The maximum Gasteiger partial charge on any atom is 0.518 e. The van der Waals surface area contributed by atoms with Crippen LogP contribution in [0.25, 0.3) is 0 Å². The SMILES string of the molecule is CCC(N1CCCCCC1)[Si](OC)(OC)OC. The second-order valence-electron chi connectivity index (χ2n) is 4.59. The molecule has 1 saturated heterocycles. The van der Waals surface area contributed by atoms with Crippen LogP contribution in [0.1, 0.15) is 39.0 Å². The summed E-state index contributed by atoms with van der Waals surface area (Å²) in [6, 6.07) is 0. The summed E-state index contributed by atoms with van der Waals surface area (Å²) < 4.78 is 16.9. The second-order valence-corrected chi connectivity index (χ2v) is 7.69. The van der Waals surface area contributed by atoms with Crippen LogP contribution in [-0.2, 0) is 13.3 Å². The van der Waals surface area contributed by atoms with Gasteiger partial charge in [-0.1, -0.05) is 19.8 Å². The molecule has 0 aromatic heterocycles. The predicted octanol–water partition coefficient (Wildman–Crippen LogP) is 2.06. The zero-order valence-electron chi connectivity index (χ0n) is 11.7. The van der Waals surface area contributed by atoms with Gasteiger partial charge in [0.1, 0.15) is 0 Å². The van der Waals surface area contributed by atoms with E-state index in [1.807, 2.05) is 0 Å². The molecule has 1 aliphatic rings. The molecule has 0 aromatic rings. The van der Waals surface area contributed by atoms with Gasteiger partial charge in [-0.2, -0.15) is 0 Å². The first-order valence-corrected chi connectivity index (χ1v) is 8.43. The topological polar surface area (TPSA) is 30.9 Å². The lowest BCUT2D eigenvalue weighted by molar-refractivity contribution is 0.0732. The molecular formula is C12H27NO3Si. The Morgan fingerprint density at radius 1 is 0.941 bits per heavy atom. The van der Waals surface area contributed by atoms with Gasteiger partial charge in [-0.05, 0) is 32.4 Å². The minimum absolute atomic E-state index is 0.292. The number of rotatable bonds is 6. The first-order valence-electron chi connectivity index (χ1n) is 6.63. The summed E-state index contributed by atoms with van der Waals surface area (Å²) in [6.45, 7) is 4.47. The number of nitrogens with zero attached hydrogens (tertiary/aromatic N) is 1. The zero-order chi connectivity index (χ0) is 12.7. The molecule has 0 N–H and O–H groups in total. The number of likely N-dealkylation sites (tertiary alicyclic amines) is 1. The summed E-state index contributed by atoms with van der Waals surface area (Å²) >= 11 is 0. The molecule has 0 radical (unpaired) electrons. The van der Waals surface area contributed by atoms with E-state index in [1.165, 1.54) is 25.7 Å². The van der Waals surface area contributed by atoms with E-state index < -0.39 is 8.80 Å². The quantitative estimate of drug-likeness (QED) is 0.685. The zero-order valence-corrected chi connectivity index (χ0v) is 12.7. The molecule has 0 spiro atoms. The van der Waals surface area contributed by atoms with Crippen molar-refractivity contribution in [3.8, 4) is 0 Å². The van der Waals surface area contributed by atoms with Gasteiger partial charge in [-0.15, -0.1) is 0 Å². The largest absolute Gasteiger partial charge is 0.518 e. The van der Waals surface area contributed by atoms with Gasteiger partial charge >= 0.3 is 8.80 Å². The summed E-state index contributed by atoms with van der Waals surface area (Å²) in [5.41, 5.74) is 0.292. The van der Waals surface area contributed by atoms with E-state index in [-0.39, 0.29) is 0 Å². The van der Waals surface area contributed by atoms with Gasteiger partial charge in [0.25, 0.3) is 0 Å². The van der Waals surface area contributed by atoms with Gasteiger partial charge < -0.3 is 13.3 Å². The Balaban J connectivity index is 2.78. The average molecular weight is 261 g/mol. The van der Waals surface area contributed by atoms with Gasteiger partial charge in [-0.25, -0.2) is 0 Å². The molecule has 0 saturated carbocycles. The molecule has 1 rings (SSSR count). The van der Waals surface area contributed by atoms with Gasteiger partial charge in [0.15, 0.2) is 0 Å². The molecule has 1 unspecified atom stereocenters. The van der Waals surface area contributed by atoms with Crippen molar-refractivity contribution in [2.45, 2.75) is 44.7 Å². The third-order valence-corrected chi connectivity index (χ3v) is 7.03. The Morgan fingerprint density at radius 3 is 1.76 bits per heavy atom. The summed E-state index contributed by atoms with van der Waals surface area (Å²) in [5.74, 6) is 0. The highest BCUT2D eigenvalue weighted by Gasteiger charge is 2.49. The van der Waals surface area contributed by atoms with Crippen molar-refractivity contribution < 1.29 is 13.3 Å². The van der Waals surface area contributed by atoms with Crippen molar-refractivity contribution in [3.63, 3.8) is 0 Å². The molecule has 5 heteroatoms. The van der Waals surface area contributed by atoms with E-state index in [4.69, 9.17) is 13.3 Å². The molecule has 1 atom stereocenters. The van der Waals surface area contributed by atoms with E-state index in [2.05, 4.69) is 11.8 Å². The molecule has 4 nitrogen and oxygen atoms in total. The van der Waals surface area contributed by atoms with Gasteiger partial charge in [0.05, 0.1) is 5.67 Å². The lowest BCUT2D eigenvalue weighted by Crippen LogP contribution is -2.61. The fraction of sp³-hybridized carbons (Fsp3) is 1.00. The fourth-order valence-corrected chi connectivity index (χ4v) is 5.32. The van der Waals surface area contributed by atoms with Crippen LogP contribution in [0.2, 0.25) is 0 Å². The average Bonchev–Trinajstić information content (AvgIpc) is 2.65. The van der Waals surface area contributed by atoms with Crippen LogP contribution in [0.5, 0.6) is 0 Å². The van der Waals surface area contributed by atoms with Crippen molar-refractivity contribution >= 4 is 8.80 Å². The predicted molar refractivity (Wildman–Crippen MR) is 70.9 cm³/mol. The monoisotopic (exact) mass is 261 g/mol. The van der Waals surface area contributed by atoms with Crippen LogP contribution in [0.4, 0.5) is 0 Å². The molecule has 1 fully saturated rings. The van der Waals surface area contributed by atoms with E-state index >= 15 is 0 Å². The summed E-state index contributed by atoms with van der Waals surface area (Å²) in [5, 5.41) is 0. The lowest BCUT2D eigenvalue weighted by atomic mass is 10.2. The molecule has 1 heterocycles. The highest BCUT2D eigenvalue weighted by atomic mass is 28.4. The highest BCUT2D eigenvalue weighted by Crippen LogP contribution is 2.23. The molecular weight excluding hydrogens is 234 g/mol. The normalized spacial score (nSPS) is 21.2.